The minimum absolute atomic E-state index is 0.0845. The quantitative estimate of drug-likeness (QED) is 0.838. The van der Waals surface area contributed by atoms with Gasteiger partial charge in [-0.3, -0.25) is 9.59 Å². The summed E-state index contributed by atoms with van der Waals surface area (Å²) in [6, 6.07) is 5.80. The number of aliphatic carboxylic acids is 1. The minimum atomic E-state index is -0.980. The molecule has 0 radical (unpaired) electrons. The summed E-state index contributed by atoms with van der Waals surface area (Å²) in [5.74, 6) is -0.990. The Balaban J connectivity index is 1.98. The van der Waals surface area contributed by atoms with Crippen molar-refractivity contribution in [3.8, 4) is 5.75 Å². The highest BCUT2D eigenvalue weighted by Crippen LogP contribution is 2.18. The smallest absolute Gasteiger partial charge is 0.326 e. The topological polar surface area (TPSA) is 83.9 Å². The monoisotopic (exact) mass is 305 g/mol. The van der Waals surface area contributed by atoms with E-state index in [0.29, 0.717) is 24.3 Å². The predicted octanol–water partition coefficient (Wildman–Crippen LogP) is 1.73. The van der Waals surface area contributed by atoms with E-state index in [1.807, 2.05) is 0 Å². The molecule has 1 amide bonds. The number of nitrogens with zero attached hydrogens (tertiary/aromatic N) is 1. The largest absolute Gasteiger partial charge is 0.484 e. The number of ether oxygens (including phenoxy) is 1. The van der Waals surface area contributed by atoms with Crippen LogP contribution in [0.4, 0.5) is 0 Å². The Bertz CT molecular complexity index is 584. The molecule has 6 nitrogen and oxygen atoms in total. The van der Waals surface area contributed by atoms with Gasteiger partial charge < -0.3 is 14.7 Å². The van der Waals surface area contributed by atoms with E-state index in [1.165, 1.54) is 11.8 Å². The summed E-state index contributed by atoms with van der Waals surface area (Å²) < 4.78 is 5.40. The van der Waals surface area contributed by atoms with Crippen molar-refractivity contribution in [1.82, 2.24) is 4.90 Å². The molecule has 0 aliphatic carbocycles. The number of rotatable bonds is 5. The SMILES string of the molecule is CC(=O)c1cccc(OCC(=O)N2CCCCC2C(=O)O)c1. The van der Waals surface area contributed by atoms with Gasteiger partial charge in [-0.25, -0.2) is 4.79 Å². The maximum atomic E-state index is 12.2. The van der Waals surface area contributed by atoms with E-state index in [2.05, 4.69) is 0 Å². The highest BCUT2D eigenvalue weighted by Gasteiger charge is 2.31. The zero-order valence-electron chi connectivity index (χ0n) is 12.4. The minimum Gasteiger partial charge on any atom is -0.484 e. The van der Waals surface area contributed by atoms with Gasteiger partial charge in [-0.2, -0.15) is 0 Å². The van der Waals surface area contributed by atoms with Crippen molar-refractivity contribution in [3.63, 3.8) is 0 Å². The Labute approximate surface area is 128 Å². The number of benzene rings is 1. The second kappa shape index (κ2) is 7.06. The van der Waals surface area contributed by atoms with E-state index in [1.54, 1.807) is 24.3 Å². The molecule has 1 aromatic rings. The van der Waals surface area contributed by atoms with Crippen LogP contribution in [-0.4, -0.2) is 46.9 Å². The molecular weight excluding hydrogens is 286 g/mol. The third kappa shape index (κ3) is 3.84. The predicted molar refractivity (Wildman–Crippen MR) is 78.9 cm³/mol. The molecule has 1 aromatic carbocycles. The van der Waals surface area contributed by atoms with Crippen molar-refractivity contribution in [2.75, 3.05) is 13.2 Å². The molecule has 1 atom stereocenters. The third-order valence-corrected chi connectivity index (χ3v) is 3.71. The van der Waals surface area contributed by atoms with Gasteiger partial charge in [0.25, 0.3) is 5.91 Å². The molecule has 0 saturated carbocycles. The molecule has 1 N–H and O–H groups in total. The van der Waals surface area contributed by atoms with Crippen LogP contribution in [0.5, 0.6) is 5.75 Å². The molecule has 22 heavy (non-hydrogen) atoms. The summed E-state index contributed by atoms with van der Waals surface area (Å²) in [5, 5.41) is 9.17. The molecule has 0 bridgehead atoms. The summed E-state index contributed by atoms with van der Waals surface area (Å²) >= 11 is 0. The van der Waals surface area contributed by atoms with Gasteiger partial charge in [0.1, 0.15) is 11.8 Å². The molecule has 118 valence electrons. The summed E-state index contributed by atoms with van der Waals surface area (Å²) in [5.41, 5.74) is 0.506. The highest BCUT2D eigenvalue weighted by molar-refractivity contribution is 5.94. The molecule has 1 unspecified atom stereocenters. The fourth-order valence-electron chi connectivity index (χ4n) is 2.52. The number of piperidine rings is 1. The van der Waals surface area contributed by atoms with Gasteiger partial charge >= 0.3 is 5.97 Å². The average molecular weight is 305 g/mol. The second-order valence-corrected chi connectivity index (χ2v) is 5.31. The lowest BCUT2D eigenvalue weighted by Crippen LogP contribution is -2.49. The number of carboxylic acids is 1. The van der Waals surface area contributed by atoms with Gasteiger partial charge in [0, 0.05) is 12.1 Å². The number of amides is 1. The first-order chi connectivity index (χ1) is 10.5. The van der Waals surface area contributed by atoms with Crippen molar-refractivity contribution < 1.29 is 24.2 Å². The summed E-state index contributed by atoms with van der Waals surface area (Å²) in [4.78, 5) is 36.0. The molecule has 1 saturated heterocycles. The van der Waals surface area contributed by atoms with Gasteiger partial charge in [0.15, 0.2) is 12.4 Å². The number of carbonyl (C=O) groups is 3. The molecule has 1 aliphatic rings. The van der Waals surface area contributed by atoms with Gasteiger partial charge in [-0.05, 0) is 38.3 Å². The number of ketones is 1. The van der Waals surface area contributed by atoms with E-state index in [4.69, 9.17) is 9.84 Å². The van der Waals surface area contributed by atoms with Crippen LogP contribution in [0.1, 0.15) is 36.5 Å². The molecule has 1 aliphatic heterocycles. The van der Waals surface area contributed by atoms with E-state index >= 15 is 0 Å². The van der Waals surface area contributed by atoms with Crippen LogP contribution in [0.3, 0.4) is 0 Å². The van der Waals surface area contributed by atoms with Gasteiger partial charge in [0.05, 0.1) is 0 Å². The van der Waals surface area contributed by atoms with Gasteiger partial charge in [-0.1, -0.05) is 12.1 Å². The van der Waals surface area contributed by atoms with Gasteiger partial charge in [-0.15, -0.1) is 0 Å². The highest BCUT2D eigenvalue weighted by atomic mass is 16.5. The van der Waals surface area contributed by atoms with Crippen LogP contribution < -0.4 is 4.74 Å². The van der Waals surface area contributed by atoms with Crippen LogP contribution >= 0.6 is 0 Å². The van der Waals surface area contributed by atoms with Gasteiger partial charge in [0.2, 0.25) is 0 Å². The number of likely N-dealkylation sites (tertiary alicyclic amines) is 1. The lowest BCUT2D eigenvalue weighted by Gasteiger charge is -2.32. The Hall–Kier alpha value is -2.37. The Morgan fingerprint density at radius 2 is 2.09 bits per heavy atom. The fourth-order valence-corrected chi connectivity index (χ4v) is 2.52. The Kier molecular flexibility index (Phi) is 5.14. The zero-order valence-corrected chi connectivity index (χ0v) is 12.4. The molecule has 1 fully saturated rings. The molecule has 1 heterocycles. The van der Waals surface area contributed by atoms with Crippen molar-refractivity contribution in [2.24, 2.45) is 0 Å². The summed E-state index contributed by atoms with van der Waals surface area (Å²) in [7, 11) is 0. The first-order valence-electron chi connectivity index (χ1n) is 7.25. The summed E-state index contributed by atoms with van der Waals surface area (Å²) in [6.45, 7) is 1.66. The zero-order chi connectivity index (χ0) is 16.1. The Morgan fingerprint density at radius 1 is 1.32 bits per heavy atom. The standard InChI is InChI=1S/C16H19NO5/c1-11(18)12-5-4-6-13(9-12)22-10-15(19)17-8-3-2-7-14(17)16(20)21/h4-6,9,14H,2-3,7-8,10H2,1H3,(H,20,21). The van der Waals surface area contributed by atoms with Crippen molar-refractivity contribution >= 4 is 17.7 Å². The van der Waals surface area contributed by atoms with Crippen molar-refractivity contribution in [1.29, 1.82) is 0 Å². The lowest BCUT2D eigenvalue weighted by molar-refractivity contribution is -0.152. The van der Waals surface area contributed by atoms with Crippen LogP contribution in [-0.2, 0) is 9.59 Å². The van der Waals surface area contributed by atoms with Crippen LogP contribution in [0.15, 0.2) is 24.3 Å². The van der Waals surface area contributed by atoms with Crippen LogP contribution in [0.25, 0.3) is 0 Å². The van der Waals surface area contributed by atoms with Crippen LogP contribution in [0, 0.1) is 0 Å². The van der Waals surface area contributed by atoms with E-state index in [0.717, 1.165) is 12.8 Å². The first-order valence-corrected chi connectivity index (χ1v) is 7.25. The number of hydrogen-bond donors (Lipinski definition) is 1. The summed E-state index contributed by atoms with van der Waals surface area (Å²) in [6.07, 6.45) is 2.08. The number of hydrogen-bond acceptors (Lipinski definition) is 4. The number of Topliss-reactive ketones (excluding diaryl/α,β-unsaturated/α-hetero) is 1. The lowest BCUT2D eigenvalue weighted by atomic mass is 10.0. The average Bonchev–Trinajstić information content (AvgIpc) is 2.52. The second-order valence-electron chi connectivity index (χ2n) is 5.31. The van der Waals surface area contributed by atoms with Crippen molar-refractivity contribution in [3.05, 3.63) is 29.8 Å². The third-order valence-electron chi connectivity index (χ3n) is 3.71. The first kappa shape index (κ1) is 16.0. The molecule has 0 spiro atoms. The maximum absolute atomic E-state index is 12.2. The maximum Gasteiger partial charge on any atom is 0.326 e. The molecule has 0 aromatic heterocycles. The van der Waals surface area contributed by atoms with Crippen LogP contribution in [0.2, 0.25) is 0 Å². The van der Waals surface area contributed by atoms with Crippen molar-refractivity contribution in [2.45, 2.75) is 32.2 Å². The van der Waals surface area contributed by atoms with E-state index in [9.17, 15) is 14.4 Å². The van der Waals surface area contributed by atoms with E-state index in [-0.39, 0.29) is 18.3 Å². The molecule has 2 rings (SSSR count). The molecule has 6 heteroatoms. The van der Waals surface area contributed by atoms with E-state index < -0.39 is 12.0 Å². The molecular formula is C16H19NO5. The fraction of sp³-hybridized carbons (Fsp3) is 0.438. The number of carboxylic acid groups (broad SMARTS) is 1. The Morgan fingerprint density at radius 3 is 2.77 bits per heavy atom. The normalized spacial score (nSPS) is 17.9. The number of carbonyl (C=O) groups excluding carboxylic acids is 2.